The summed E-state index contributed by atoms with van der Waals surface area (Å²) in [6.07, 6.45) is 1.23. The zero-order valence-corrected chi connectivity index (χ0v) is 9.64. The zero-order chi connectivity index (χ0) is 10.4. The van der Waals surface area contributed by atoms with Gasteiger partial charge in [0.05, 0.1) is 0 Å². The van der Waals surface area contributed by atoms with Gasteiger partial charge in [-0.2, -0.15) is 0 Å². The smallest absolute Gasteiger partial charge is 0.0406 e. The highest BCUT2D eigenvalue weighted by Gasteiger charge is 1.97. The van der Waals surface area contributed by atoms with Gasteiger partial charge in [0.25, 0.3) is 0 Å². The van der Waals surface area contributed by atoms with E-state index in [2.05, 4.69) is 31.3 Å². The third kappa shape index (κ3) is 4.12. The maximum Gasteiger partial charge on any atom is 0.0406 e. The molecule has 1 aromatic carbocycles. The fraction of sp³-hybridized carbons (Fsp3) is 0.500. The number of benzene rings is 1. The lowest BCUT2D eigenvalue weighted by Gasteiger charge is -2.09. The van der Waals surface area contributed by atoms with Crippen LogP contribution in [0.1, 0.15) is 25.8 Å². The van der Waals surface area contributed by atoms with Gasteiger partial charge < -0.3 is 5.32 Å². The average Bonchev–Trinajstić information content (AvgIpc) is 2.21. The molecule has 0 heterocycles. The third-order valence-corrected chi connectivity index (χ3v) is 2.68. The quantitative estimate of drug-likeness (QED) is 0.787. The molecule has 0 fully saturated rings. The van der Waals surface area contributed by atoms with Crippen LogP contribution >= 0.6 is 11.6 Å². The number of hydrogen-bond acceptors (Lipinski definition) is 1. The molecule has 0 aliphatic heterocycles. The summed E-state index contributed by atoms with van der Waals surface area (Å²) in [6, 6.07) is 7.99. The van der Waals surface area contributed by atoms with Crippen LogP contribution in [0.4, 0.5) is 0 Å². The summed E-state index contributed by atoms with van der Waals surface area (Å²) in [6.45, 7) is 6.49. The van der Waals surface area contributed by atoms with Crippen molar-refractivity contribution >= 4 is 11.6 Å². The Balaban J connectivity index is 2.28. The summed E-state index contributed by atoms with van der Waals surface area (Å²) in [5.74, 6) is 0.752. The molecule has 14 heavy (non-hydrogen) atoms. The molecule has 0 aliphatic carbocycles. The summed E-state index contributed by atoms with van der Waals surface area (Å²) < 4.78 is 0. The molecule has 0 spiro atoms. The second kappa shape index (κ2) is 6.05. The second-order valence-electron chi connectivity index (χ2n) is 3.77. The lowest BCUT2D eigenvalue weighted by atomic mass is 10.1. The second-order valence-corrected chi connectivity index (χ2v) is 4.21. The first-order valence-electron chi connectivity index (χ1n) is 5.17. The average molecular weight is 212 g/mol. The molecule has 0 aromatic heterocycles. The van der Waals surface area contributed by atoms with E-state index in [1.54, 1.807) is 0 Å². The van der Waals surface area contributed by atoms with Crippen LogP contribution in [-0.4, -0.2) is 6.54 Å². The molecule has 2 heteroatoms. The standard InChI is InChI=1S/C12H18ClN/c1-3-10(2)8-14-9-11-4-6-12(13)7-5-11/h4-7,10,14H,3,8-9H2,1-2H3/t10-/m0/s1. The number of hydrogen-bond donors (Lipinski definition) is 1. The van der Waals surface area contributed by atoms with Crippen LogP contribution in [0, 0.1) is 5.92 Å². The minimum atomic E-state index is 0.752. The van der Waals surface area contributed by atoms with Gasteiger partial charge >= 0.3 is 0 Å². The maximum absolute atomic E-state index is 5.80. The maximum atomic E-state index is 5.80. The molecule has 0 saturated heterocycles. The molecule has 1 rings (SSSR count). The van der Waals surface area contributed by atoms with Gasteiger partial charge in [-0.15, -0.1) is 0 Å². The van der Waals surface area contributed by atoms with Crippen LogP contribution in [0.3, 0.4) is 0 Å². The topological polar surface area (TPSA) is 12.0 Å². The van der Waals surface area contributed by atoms with Crippen LogP contribution < -0.4 is 5.32 Å². The monoisotopic (exact) mass is 211 g/mol. The molecule has 0 amide bonds. The molecule has 0 aliphatic rings. The van der Waals surface area contributed by atoms with E-state index in [1.165, 1.54) is 12.0 Å². The van der Waals surface area contributed by atoms with E-state index in [9.17, 15) is 0 Å². The summed E-state index contributed by atoms with van der Waals surface area (Å²) in [5, 5.41) is 4.23. The molecule has 0 bridgehead atoms. The van der Waals surface area contributed by atoms with E-state index in [-0.39, 0.29) is 0 Å². The van der Waals surface area contributed by atoms with Gasteiger partial charge in [-0.3, -0.25) is 0 Å². The fourth-order valence-electron chi connectivity index (χ4n) is 1.21. The Labute approximate surface area is 91.5 Å². The van der Waals surface area contributed by atoms with Crippen molar-refractivity contribution in [3.05, 3.63) is 34.9 Å². The molecule has 1 aromatic rings. The van der Waals surface area contributed by atoms with Gasteiger partial charge in [0.1, 0.15) is 0 Å². The molecule has 1 atom stereocenters. The van der Waals surface area contributed by atoms with E-state index in [0.717, 1.165) is 24.0 Å². The highest BCUT2D eigenvalue weighted by molar-refractivity contribution is 6.30. The molecule has 78 valence electrons. The molecule has 1 N–H and O–H groups in total. The predicted octanol–water partition coefficient (Wildman–Crippen LogP) is 3.48. The lowest BCUT2D eigenvalue weighted by molar-refractivity contribution is 0.500. The van der Waals surface area contributed by atoms with E-state index in [4.69, 9.17) is 11.6 Å². The van der Waals surface area contributed by atoms with Crippen molar-refractivity contribution in [1.82, 2.24) is 5.32 Å². The predicted molar refractivity (Wildman–Crippen MR) is 62.6 cm³/mol. The largest absolute Gasteiger partial charge is 0.312 e. The van der Waals surface area contributed by atoms with Gasteiger partial charge in [0.2, 0.25) is 0 Å². The Bertz CT molecular complexity index is 256. The number of rotatable bonds is 5. The third-order valence-electron chi connectivity index (χ3n) is 2.43. The highest BCUT2D eigenvalue weighted by atomic mass is 35.5. The van der Waals surface area contributed by atoms with Crippen LogP contribution in [0.2, 0.25) is 5.02 Å². The molecular weight excluding hydrogens is 194 g/mol. The minimum Gasteiger partial charge on any atom is -0.312 e. The van der Waals surface area contributed by atoms with Gasteiger partial charge in [-0.25, -0.2) is 0 Å². The Morgan fingerprint density at radius 3 is 2.50 bits per heavy atom. The Morgan fingerprint density at radius 1 is 1.29 bits per heavy atom. The fourth-order valence-corrected chi connectivity index (χ4v) is 1.34. The van der Waals surface area contributed by atoms with Crippen molar-refractivity contribution < 1.29 is 0 Å². The number of nitrogens with one attached hydrogen (secondary N) is 1. The highest BCUT2D eigenvalue weighted by Crippen LogP contribution is 2.09. The van der Waals surface area contributed by atoms with Gasteiger partial charge in [-0.1, -0.05) is 44.0 Å². The van der Waals surface area contributed by atoms with Crippen LogP contribution in [0.5, 0.6) is 0 Å². The van der Waals surface area contributed by atoms with Gasteiger partial charge in [-0.05, 0) is 30.2 Å². The lowest BCUT2D eigenvalue weighted by Crippen LogP contribution is -2.20. The molecule has 0 radical (unpaired) electrons. The SMILES string of the molecule is CC[C@H](C)CNCc1ccc(Cl)cc1. The van der Waals surface area contributed by atoms with E-state index < -0.39 is 0 Å². The summed E-state index contributed by atoms with van der Waals surface area (Å²) >= 11 is 5.80. The van der Waals surface area contributed by atoms with Crippen LogP contribution in [0.25, 0.3) is 0 Å². The molecular formula is C12H18ClN. The molecule has 1 nitrogen and oxygen atoms in total. The van der Waals surface area contributed by atoms with Gasteiger partial charge in [0, 0.05) is 11.6 Å². The minimum absolute atomic E-state index is 0.752. The van der Waals surface area contributed by atoms with Crippen LogP contribution in [0.15, 0.2) is 24.3 Å². The van der Waals surface area contributed by atoms with Crippen molar-refractivity contribution in [2.45, 2.75) is 26.8 Å². The first-order valence-corrected chi connectivity index (χ1v) is 5.55. The van der Waals surface area contributed by atoms with Crippen molar-refractivity contribution in [3.8, 4) is 0 Å². The van der Waals surface area contributed by atoms with Crippen LogP contribution in [-0.2, 0) is 6.54 Å². The first-order chi connectivity index (χ1) is 6.72. The Morgan fingerprint density at radius 2 is 1.93 bits per heavy atom. The Kier molecular flexibility index (Phi) is 4.99. The zero-order valence-electron chi connectivity index (χ0n) is 8.89. The van der Waals surface area contributed by atoms with E-state index in [0.29, 0.717) is 0 Å². The summed E-state index contributed by atoms with van der Waals surface area (Å²) in [7, 11) is 0. The van der Waals surface area contributed by atoms with Crippen molar-refractivity contribution in [1.29, 1.82) is 0 Å². The molecule has 0 unspecified atom stereocenters. The number of halogens is 1. The first kappa shape index (κ1) is 11.5. The Hall–Kier alpha value is -0.530. The van der Waals surface area contributed by atoms with E-state index >= 15 is 0 Å². The molecule has 0 saturated carbocycles. The van der Waals surface area contributed by atoms with E-state index in [1.807, 2.05) is 12.1 Å². The van der Waals surface area contributed by atoms with Crippen molar-refractivity contribution in [3.63, 3.8) is 0 Å². The summed E-state index contributed by atoms with van der Waals surface area (Å²) in [5.41, 5.74) is 1.29. The van der Waals surface area contributed by atoms with Crippen molar-refractivity contribution in [2.75, 3.05) is 6.54 Å². The van der Waals surface area contributed by atoms with Crippen molar-refractivity contribution in [2.24, 2.45) is 5.92 Å². The normalized spacial score (nSPS) is 12.8. The summed E-state index contributed by atoms with van der Waals surface area (Å²) in [4.78, 5) is 0. The van der Waals surface area contributed by atoms with Gasteiger partial charge in [0.15, 0.2) is 0 Å².